The summed E-state index contributed by atoms with van der Waals surface area (Å²) in [5.74, 6) is 0. The molecule has 0 spiro atoms. The van der Waals surface area contributed by atoms with Crippen LogP contribution in [0.4, 0.5) is 0 Å². The molecule has 0 saturated heterocycles. The molecule has 14 heavy (non-hydrogen) atoms. The van der Waals surface area contributed by atoms with E-state index in [4.69, 9.17) is 16.9 Å². The lowest BCUT2D eigenvalue weighted by Gasteiger charge is -2.07. The van der Waals surface area contributed by atoms with Crippen molar-refractivity contribution in [2.24, 2.45) is 5.41 Å². The second-order valence-corrected chi connectivity index (χ2v) is 4.15. The van der Waals surface area contributed by atoms with Crippen molar-refractivity contribution in [1.29, 1.82) is 5.26 Å². The molecule has 0 N–H and O–H groups in total. The molecule has 1 nitrogen and oxygen atoms in total. The molecule has 0 aliphatic carbocycles. The van der Waals surface area contributed by atoms with Crippen LogP contribution in [0.1, 0.15) is 19.4 Å². The Morgan fingerprint density at radius 3 is 2.36 bits per heavy atom. The Balaban J connectivity index is 2.80. The van der Waals surface area contributed by atoms with Gasteiger partial charge in [0.15, 0.2) is 0 Å². The first-order valence-corrected chi connectivity index (χ1v) is 4.77. The molecule has 1 aromatic rings. The van der Waals surface area contributed by atoms with Gasteiger partial charge in [-0.2, -0.15) is 5.26 Å². The predicted octanol–water partition coefficient (Wildman–Crippen LogP) is 3.90. The first kappa shape index (κ1) is 10.8. The number of nitrogens with zero attached hydrogens (tertiary/aromatic N) is 1. The van der Waals surface area contributed by atoms with Crippen LogP contribution in [0, 0.1) is 16.7 Å². The second kappa shape index (κ2) is 4.30. The highest BCUT2D eigenvalue weighted by molar-refractivity contribution is 6.30. The average molecular weight is 206 g/mol. The van der Waals surface area contributed by atoms with Crippen molar-refractivity contribution in [2.75, 3.05) is 0 Å². The minimum absolute atomic E-state index is 0.417. The van der Waals surface area contributed by atoms with E-state index in [-0.39, 0.29) is 0 Å². The van der Waals surface area contributed by atoms with E-state index in [0.29, 0.717) is 0 Å². The molecule has 0 amide bonds. The molecular formula is C12H12ClN. The minimum Gasteiger partial charge on any atom is -0.197 e. The number of nitriles is 1. The third-order valence-corrected chi connectivity index (χ3v) is 2.10. The molecule has 0 bridgehead atoms. The van der Waals surface area contributed by atoms with E-state index in [1.165, 1.54) is 0 Å². The Morgan fingerprint density at radius 2 is 1.86 bits per heavy atom. The van der Waals surface area contributed by atoms with Crippen LogP contribution in [0.15, 0.2) is 30.3 Å². The lowest BCUT2D eigenvalue weighted by Crippen LogP contribution is -2.01. The number of halogens is 1. The van der Waals surface area contributed by atoms with Crippen molar-refractivity contribution in [3.63, 3.8) is 0 Å². The van der Waals surface area contributed by atoms with Gasteiger partial charge in [-0.05, 0) is 31.5 Å². The average Bonchev–Trinajstić information content (AvgIpc) is 2.17. The maximum atomic E-state index is 8.79. The molecule has 0 saturated carbocycles. The van der Waals surface area contributed by atoms with Crippen molar-refractivity contribution < 1.29 is 0 Å². The van der Waals surface area contributed by atoms with Gasteiger partial charge in [0, 0.05) is 5.02 Å². The van der Waals surface area contributed by atoms with Crippen LogP contribution in [0.25, 0.3) is 6.08 Å². The van der Waals surface area contributed by atoms with Crippen molar-refractivity contribution in [3.05, 3.63) is 40.9 Å². The molecule has 0 atom stereocenters. The highest BCUT2D eigenvalue weighted by atomic mass is 35.5. The van der Waals surface area contributed by atoms with Crippen molar-refractivity contribution in [3.8, 4) is 6.07 Å². The van der Waals surface area contributed by atoms with Crippen molar-refractivity contribution >= 4 is 17.7 Å². The van der Waals surface area contributed by atoms with Gasteiger partial charge < -0.3 is 0 Å². The molecule has 0 aliphatic rings. The Morgan fingerprint density at radius 1 is 1.29 bits per heavy atom. The highest BCUT2D eigenvalue weighted by Gasteiger charge is 2.10. The summed E-state index contributed by atoms with van der Waals surface area (Å²) in [5, 5.41) is 9.52. The molecule has 0 heterocycles. The number of allylic oxidation sites excluding steroid dienone is 1. The van der Waals surface area contributed by atoms with E-state index < -0.39 is 5.41 Å². The summed E-state index contributed by atoms with van der Waals surface area (Å²) in [6.07, 6.45) is 3.82. The molecule has 0 aliphatic heterocycles. The van der Waals surface area contributed by atoms with Gasteiger partial charge in [-0.15, -0.1) is 0 Å². The van der Waals surface area contributed by atoms with Gasteiger partial charge in [-0.1, -0.05) is 35.9 Å². The predicted molar refractivity (Wildman–Crippen MR) is 59.9 cm³/mol. The normalized spacial score (nSPS) is 11.6. The van der Waals surface area contributed by atoms with Gasteiger partial charge in [0.05, 0.1) is 11.5 Å². The van der Waals surface area contributed by atoms with E-state index in [2.05, 4.69) is 6.07 Å². The SMILES string of the molecule is CC(C)(C#N)/C=C\c1ccc(Cl)cc1. The summed E-state index contributed by atoms with van der Waals surface area (Å²) in [7, 11) is 0. The van der Waals surface area contributed by atoms with Crippen LogP contribution in [-0.4, -0.2) is 0 Å². The van der Waals surface area contributed by atoms with Crippen LogP contribution < -0.4 is 0 Å². The zero-order valence-electron chi connectivity index (χ0n) is 8.29. The van der Waals surface area contributed by atoms with Gasteiger partial charge >= 0.3 is 0 Å². The number of benzene rings is 1. The fourth-order valence-electron chi connectivity index (χ4n) is 0.916. The first-order chi connectivity index (χ1) is 6.53. The standard InChI is InChI=1S/C12H12ClN/c1-12(2,9-14)8-7-10-3-5-11(13)6-4-10/h3-8H,1-2H3/b8-7-. The molecular weight excluding hydrogens is 194 g/mol. The number of hydrogen-bond donors (Lipinski definition) is 0. The zero-order chi connectivity index (χ0) is 10.6. The maximum absolute atomic E-state index is 8.79. The van der Waals surface area contributed by atoms with Crippen LogP contribution in [-0.2, 0) is 0 Å². The lowest BCUT2D eigenvalue weighted by molar-refractivity contribution is 0.647. The van der Waals surface area contributed by atoms with Gasteiger partial charge in [0.1, 0.15) is 0 Å². The fraction of sp³-hybridized carbons (Fsp3) is 0.250. The summed E-state index contributed by atoms with van der Waals surface area (Å²) in [6, 6.07) is 9.72. The van der Waals surface area contributed by atoms with Crippen LogP contribution in [0.2, 0.25) is 5.02 Å². The van der Waals surface area contributed by atoms with Gasteiger partial charge in [-0.25, -0.2) is 0 Å². The monoisotopic (exact) mass is 205 g/mol. The third kappa shape index (κ3) is 3.24. The third-order valence-electron chi connectivity index (χ3n) is 1.85. The van der Waals surface area contributed by atoms with Gasteiger partial charge in [-0.3, -0.25) is 0 Å². The van der Waals surface area contributed by atoms with E-state index in [1.807, 2.05) is 50.3 Å². The Hall–Kier alpha value is -1.26. The second-order valence-electron chi connectivity index (χ2n) is 3.72. The Bertz CT molecular complexity index is 368. The smallest absolute Gasteiger partial charge is 0.0725 e. The zero-order valence-corrected chi connectivity index (χ0v) is 9.05. The Kier molecular flexibility index (Phi) is 3.33. The molecule has 0 aromatic heterocycles. The molecule has 1 aromatic carbocycles. The molecule has 72 valence electrons. The van der Waals surface area contributed by atoms with Crippen molar-refractivity contribution in [1.82, 2.24) is 0 Å². The number of rotatable bonds is 2. The quantitative estimate of drug-likeness (QED) is 0.719. The molecule has 2 heteroatoms. The number of hydrogen-bond acceptors (Lipinski definition) is 1. The minimum atomic E-state index is -0.417. The van der Waals surface area contributed by atoms with Crippen molar-refractivity contribution in [2.45, 2.75) is 13.8 Å². The highest BCUT2D eigenvalue weighted by Crippen LogP contribution is 2.18. The van der Waals surface area contributed by atoms with E-state index in [1.54, 1.807) is 0 Å². The fourth-order valence-corrected chi connectivity index (χ4v) is 1.04. The first-order valence-electron chi connectivity index (χ1n) is 4.39. The van der Waals surface area contributed by atoms with Crippen LogP contribution in [0.3, 0.4) is 0 Å². The largest absolute Gasteiger partial charge is 0.197 e. The van der Waals surface area contributed by atoms with Crippen LogP contribution in [0.5, 0.6) is 0 Å². The van der Waals surface area contributed by atoms with Gasteiger partial charge in [0.25, 0.3) is 0 Å². The van der Waals surface area contributed by atoms with Crippen LogP contribution >= 0.6 is 11.6 Å². The molecule has 1 rings (SSSR count). The topological polar surface area (TPSA) is 23.8 Å². The lowest BCUT2D eigenvalue weighted by atomic mass is 9.94. The van der Waals surface area contributed by atoms with E-state index in [9.17, 15) is 0 Å². The summed E-state index contributed by atoms with van der Waals surface area (Å²) < 4.78 is 0. The van der Waals surface area contributed by atoms with E-state index in [0.717, 1.165) is 10.6 Å². The summed E-state index contributed by atoms with van der Waals surface area (Å²) in [5.41, 5.74) is 0.636. The summed E-state index contributed by atoms with van der Waals surface area (Å²) in [4.78, 5) is 0. The molecule has 0 unspecified atom stereocenters. The molecule has 0 fully saturated rings. The van der Waals surface area contributed by atoms with E-state index >= 15 is 0 Å². The van der Waals surface area contributed by atoms with Gasteiger partial charge in [0.2, 0.25) is 0 Å². The summed E-state index contributed by atoms with van der Waals surface area (Å²) >= 11 is 5.75. The summed E-state index contributed by atoms with van der Waals surface area (Å²) in [6.45, 7) is 3.75. The molecule has 0 radical (unpaired) electrons. The Labute approximate surface area is 89.6 Å². The maximum Gasteiger partial charge on any atom is 0.0725 e.